The van der Waals surface area contributed by atoms with Gasteiger partial charge in [0, 0.05) is 16.0 Å². The molecule has 1 aromatic heterocycles. The number of anilines is 1. The lowest BCUT2D eigenvalue weighted by atomic mass is 10.1. The van der Waals surface area contributed by atoms with E-state index in [4.69, 9.17) is 16.7 Å². The van der Waals surface area contributed by atoms with Gasteiger partial charge in [-0.2, -0.15) is 5.10 Å². The van der Waals surface area contributed by atoms with E-state index in [0.29, 0.717) is 22.5 Å². The fourth-order valence-corrected chi connectivity index (χ4v) is 3.32. The van der Waals surface area contributed by atoms with E-state index in [9.17, 15) is 14.0 Å². The molecule has 0 bridgehead atoms. The van der Waals surface area contributed by atoms with E-state index in [1.54, 1.807) is 22.9 Å². The van der Waals surface area contributed by atoms with Crippen LogP contribution in [0.2, 0.25) is 5.02 Å². The molecule has 1 amide bonds. The standard InChI is InChI=1S/C22H15ClFN3O3/c23-16-3-1-2-13(10-16)12-27-19-11-17(24)8-9-18(19)20(26-27)25-21(28)14-4-6-15(7-5-14)22(29)30/h1-11H,12H2,(H,29,30)(H,25,26,28). The Morgan fingerprint density at radius 1 is 1.03 bits per heavy atom. The Morgan fingerprint density at radius 3 is 2.47 bits per heavy atom. The largest absolute Gasteiger partial charge is 0.478 e. The summed E-state index contributed by atoms with van der Waals surface area (Å²) in [6.07, 6.45) is 0. The van der Waals surface area contributed by atoms with E-state index in [1.165, 1.54) is 36.4 Å². The Hall–Kier alpha value is -3.71. The molecule has 0 fully saturated rings. The van der Waals surface area contributed by atoms with Gasteiger partial charge in [0.05, 0.1) is 17.6 Å². The van der Waals surface area contributed by atoms with Gasteiger partial charge in [0.2, 0.25) is 0 Å². The number of aromatic carboxylic acids is 1. The molecule has 4 rings (SSSR count). The normalized spacial score (nSPS) is 10.9. The first-order valence-corrected chi connectivity index (χ1v) is 9.34. The van der Waals surface area contributed by atoms with Crippen LogP contribution in [0.25, 0.3) is 10.9 Å². The monoisotopic (exact) mass is 423 g/mol. The minimum absolute atomic E-state index is 0.0817. The van der Waals surface area contributed by atoms with Crippen molar-refractivity contribution in [1.29, 1.82) is 0 Å². The van der Waals surface area contributed by atoms with Crippen LogP contribution in [0.15, 0.2) is 66.7 Å². The summed E-state index contributed by atoms with van der Waals surface area (Å²) in [5.74, 6) is -1.67. The number of carbonyl (C=O) groups is 2. The van der Waals surface area contributed by atoms with Gasteiger partial charge in [-0.3, -0.25) is 9.48 Å². The second-order valence-electron chi connectivity index (χ2n) is 6.63. The van der Waals surface area contributed by atoms with E-state index in [1.807, 2.05) is 12.1 Å². The van der Waals surface area contributed by atoms with Crippen molar-refractivity contribution in [3.8, 4) is 0 Å². The highest BCUT2D eigenvalue weighted by molar-refractivity contribution is 6.30. The number of carboxylic acid groups (broad SMARTS) is 1. The quantitative estimate of drug-likeness (QED) is 0.481. The predicted molar refractivity (Wildman–Crippen MR) is 112 cm³/mol. The van der Waals surface area contributed by atoms with Gasteiger partial charge in [0.1, 0.15) is 5.82 Å². The van der Waals surface area contributed by atoms with Crippen LogP contribution < -0.4 is 5.32 Å². The molecule has 0 radical (unpaired) electrons. The number of aromatic nitrogens is 2. The zero-order chi connectivity index (χ0) is 21.3. The molecule has 0 spiro atoms. The van der Waals surface area contributed by atoms with Gasteiger partial charge in [-0.25, -0.2) is 9.18 Å². The first-order valence-electron chi connectivity index (χ1n) is 8.96. The first kappa shape index (κ1) is 19.6. The lowest BCUT2D eigenvalue weighted by Gasteiger charge is -2.04. The van der Waals surface area contributed by atoms with E-state index in [0.717, 1.165) is 5.56 Å². The number of carboxylic acids is 1. The molecule has 30 heavy (non-hydrogen) atoms. The third kappa shape index (κ3) is 4.01. The average molecular weight is 424 g/mol. The van der Waals surface area contributed by atoms with Gasteiger partial charge in [-0.15, -0.1) is 0 Å². The lowest BCUT2D eigenvalue weighted by Crippen LogP contribution is -2.13. The van der Waals surface area contributed by atoms with Crippen LogP contribution in [0.4, 0.5) is 10.2 Å². The number of rotatable bonds is 5. The van der Waals surface area contributed by atoms with Gasteiger partial charge >= 0.3 is 5.97 Å². The second-order valence-corrected chi connectivity index (χ2v) is 7.07. The summed E-state index contributed by atoms with van der Waals surface area (Å²) in [6, 6.07) is 17.0. The third-order valence-corrected chi connectivity index (χ3v) is 4.80. The first-order chi connectivity index (χ1) is 14.4. The molecule has 1 heterocycles. The zero-order valence-corrected chi connectivity index (χ0v) is 16.2. The number of fused-ring (bicyclic) bond motifs is 1. The maximum Gasteiger partial charge on any atom is 0.335 e. The number of halogens is 2. The number of hydrogen-bond acceptors (Lipinski definition) is 3. The Morgan fingerprint density at radius 2 is 1.77 bits per heavy atom. The molecule has 0 aliphatic heterocycles. The molecule has 0 atom stereocenters. The van der Waals surface area contributed by atoms with E-state index in [-0.39, 0.29) is 16.9 Å². The van der Waals surface area contributed by atoms with Crippen molar-refractivity contribution < 1.29 is 19.1 Å². The summed E-state index contributed by atoms with van der Waals surface area (Å²) in [7, 11) is 0. The number of hydrogen-bond donors (Lipinski definition) is 2. The summed E-state index contributed by atoms with van der Waals surface area (Å²) in [4.78, 5) is 23.6. The molecular weight excluding hydrogens is 409 g/mol. The highest BCUT2D eigenvalue weighted by Crippen LogP contribution is 2.25. The van der Waals surface area contributed by atoms with Crippen LogP contribution in [-0.2, 0) is 6.54 Å². The van der Waals surface area contributed by atoms with E-state index < -0.39 is 17.7 Å². The maximum atomic E-state index is 13.9. The van der Waals surface area contributed by atoms with Gasteiger partial charge in [-0.05, 0) is 60.2 Å². The molecule has 3 aromatic carbocycles. The van der Waals surface area contributed by atoms with Crippen molar-refractivity contribution in [3.63, 3.8) is 0 Å². The minimum atomic E-state index is -1.07. The van der Waals surface area contributed by atoms with Crippen LogP contribution >= 0.6 is 11.6 Å². The van der Waals surface area contributed by atoms with E-state index >= 15 is 0 Å². The molecule has 8 heteroatoms. The number of nitrogens with zero attached hydrogens (tertiary/aromatic N) is 2. The number of carbonyl (C=O) groups excluding carboxylic acids is 1. The van der Waals surface area contributed by atoms with Crippen LogP contribution in [-0.4, -0.2) is 26.8 Å². The van der Waals surface area contributed by atoms with Gasteiger partial charge < -0.3 is 10.4 Å². The van der Waals surface area contributed by atoms with Crippen molar-refractivity contribution in [1.82, 2.24) is 9.78 Å². The summed E-state index contributed by atoms with van der Waals surface area (Å²) in [6.45, 7) is 0.337. The molecule has 0 aliphatic carbocycles. The summed E-state index contributed by atoms with van der Waals surface area (Å²) in [5.41, 5.74) is 1.75. The molecule has 6 nitrogen and oxygen atoms in total. The Balaban J connectivity index is 1.67. The second kappa shape index (κ2) is 7.96. The molecule has 150 valence electrons. The van der Waals surface area contributed by atoms with E-state index in [2.05, 4.69) is 10.4 Å². The molecule has 0 saturated heterocycles. The summed E-state index contributed by atoms with van der Waals surface area (Å²) in [5, 5.41) is 17.3. The number of amides is 1. The molecular formula is C22H15ClFN3O3. The van der Waals surface area contributed by atoms with Crippen molar-refractivity contribution in [3.05, 3.63) is 94.3 Å². The zero-order valence-electron chi connectivity index (χ0n) is 15.5. The van der Waals surface area contributed by atoms with Crippen LogP contribution in [0, 0.1) is 5.82 Å². The average Bonchev–Trinajstić information content (AvgIpc) is 3.04. The smallest absolute Gasteiger partial charge is 0.335 e. The van der Waals surface area contributed by atoms with Crippen LogP contribution in [0.3, 0.4) is 0 Å². The highest BCUT2D eigenvalue weighted by atomic mass is 35.5. The van der Waals surface area contributed by atoms with Gasteiger partial charge in [-0.1, -0.05) is 23.7 Å². The molecule has 2 N–H and O–H groups in total. The molecule has 0 saturated carbocycles. The van der Waals surface area contributed by atoms with Crippen LogP contribution in [0.1, 0.15) is 26.3 Å². The van der Waals surface area contributed by atoms with Crippen LogP contribution in [0.5, 0.6) is 0 Å². The Kier molecular flexibility index (Phi) is 5.20. The number of nitrogens with one attached hydrogen (secondary N) is 1. The predicted octanol–water partition coefficient (Wildman–Crippen LogP) is 4.83. The highest BCUT2D eigenvalue weighted by Gasteiger charge is 2.16. The van der Waals surface area contributed by atoms with Crippen molar-refractivity contribution in [2.24, 2.45) is 0 Å². The Labute approximate surface area is 175 Å². The lowest BCUT2D eigenvalue weighted by molar-refractivity contribution is 0.0696. The maximum absolute atomic E-state index is 13.9. The van der Waals surface area contributed by atoms with Gasteiger partial charge in [0.15, 0.2) is 5.82 Å². The van der Waals surface area contributed by atoms with Crippen molar-refractivity contribution in [2.45, 2.75) is 6.54 Å². The summed E-state index contributed by atoms with van der Waals surface area (Å²) < 4.78 is 15.5. The fourth-order valence-electron chi connectivity index (χ4n) is 3.11. The SMILES string of the molecule is O=C(O)c1ccc(C(=O)Nc2nn(Cc3cccc(Cl)c3)c3cc(F)ccc23)cc1. The van der Waals surface area contributed by atoms with Crippen molar-refractivity contribution in [2.75, 3.05) is 5.32 Å². The third-order valence-electron chi connectivity index (χ3n) is 4.56. The minimum Gasteiger partial charge on any atom is -0.478 e. The number of benzene rings is 3. The van der Waals surface area contributed by atoms with Gasteiger partial charge in [0.25, 0.3) is 5.91 Å². The molecule has 4 aromatic rings. The molecule has 0 aliphatic rings. The fraction of sp³-hybridized carbons (Fsp3) is 0.0455. The van der Waals surface area contributed by atoms with Crippen molar-refractivity contribution >= 4 is 40.2 Å². The topological polar surface area (TPSA) is 84.2 Å². The summed E-state index contributed by atoms with van der Waals surface area (Å²) >= 11 is 6.04. The molecule has 0 unspecified atom stereocenters. The Bertz CT molecular complexity index is 1270.